The molecule has 5 heteroatoms. The molecule has 0 amide bonds. The van der Waals surface area contributed by atoms with Crippen LogP contribution in [0, 0.1) is 5.92 Å². The molecule has 1 N–H and O–H groups in total. The van der Waals surface area contributed by atoms with E-state index in [0.29, 0.717) is 6.61 Å². The first-order valence-corrected chi connectivity index (χ1v) is 7.82. The second-order valence-electron chi connectivity index (χ2n) is 4.19. The Kier molecular flexibility index (Phi) is 5.89. The molecular formula is C12H20O3S2. The van der Waals surface area contributed by atoms with E-state index in [9.17, 15) is 9.90 Å². The van der Waals surface area contributed by atoms with Crippen LogP contribution in [0.4, 0.5) is 0 Å². The van der Waals surface area contributed by atoms with Crippen LogP contribution >= 0.6 is 23.5 Å². The van der Waals surface area contributed by atoms with E-state index in [2.05, 4.69) is 0 Å². The number of carbonyl (C=O) groups is 1. The number of carbonyl (C=O) groups excluding carboxylic acids is 1. The fourth-order valence-corrected chi connectivity index (χ4v) is 3.97. The lowest BCUT2D eigenvalue weighted by molar-refractivity contribution is -0.166. The van der Waals surface area contributed by atoms with Gasteiger partial charge in [-0.1, -0.05) is 13.0 Å². The minimum atomic E-state index is -1.44. The molecule has 1 aliphatic rings. The van der Waals surface area contributed by atoms with Gasteiger partial charge in [0, 0.05) is 10.2 Å². The van der Waals surface area contributed by atoms with Crippen molar-refractivity contribution in [2.45, 2.75) is 32.8 Å². The molecule has 17 heavy (non-hydrogen) atoms. The van der Waals surface area contributed by atoms with E-state index in [1.807, 2.05) is 13.0 Å². The predicted molar refractivity (Wildman–Crippen MR) is 74.0 cm³/mol. The molecule has 0 aromatic carbocycles. The first kappa shape index (κ1) is 14.9. The number of ether oxygens (including phenoxy) is 1. The van der Waals surface area contributed by atoms with Crippen LogP contribution in [0.3, 0.4) is 0 Å². The number of thioether (sulfide) groups is 2. The third-order valence-electron chi connectivity index (χ3n) is 2.74. The second-order valence-corrected chi connectivity index (χ2v) is 6.72. The highest BCUT2D eigenvalue weighted by Crippen LogP contribution is 2.36. The highest BCUT2D eigenvalue weighted by atomic mass is 32.2. The van der Waals surface area contributed by atoms with Gasteiger partial charge in [0.15, 0.2) is 5.60 Å². The first-order valence-electron chi connectivity index (χ1n) is 5.85. The van der Waals surface area contributed by atoms with Crippen LogP contribution in [0.5, 0.6) is 0 Å². The maximum Gasteiger partial charge on any atom is 0.338 e. The van der Waals surface area contributed by atoms with Gasteiger partial charge in [-0.3, -0.25) is 0 Å². The van der Waals surface area contributed by atoms with Crippen molar-refractivity contribution in [1.29, 1.82) is 0 Å². The van der Waals surface area contributed by atoms with Crippen molar-refractivity contribution in [3.63, 3.8) is 0 Å². The molecule has 3 nitrogen and oxygen atoms in total. The summed E-state index contributed by atoms with van der Waals surface area (Å²) in [5.74, 6) is 1.45. The van der Waals surface area contributed by atoms with Crippen molar-refractivity contribution in [3.05, 3.63) is 10.3 Å². The van der Waals surface area contributed by atoms with Gasteiger partial charge in [0.1, 0.15) is 0 Å². The molecule has 0 spiro atoms. The molecule has 0 radical (unpaired) electrons. The van der Waals surface area contributed by atoms with Gasteiger partial charge in [-0.05, 0) is 31.8 Å². The van der Waals surface area contributed by atoms with Crippen LogP contribution in [0.25, 0.3) is 0 Å². The highest BCUT2D eigenvalue weighted by molar-refractivity contribution is 8.22. The van der Waals surface area contributed by atoms with Gasteiger partial charge in [-0.2, -0.15) is 0 Å². The Morgan fingerprint density at radius 2 is 2.18 bits per heavy atom. The van der Waals surface area contributed by atoms with Crippen molar-refractivity contribution in [1.82, 2.24) is 0 Å². The monoisotopic (exact) mass is 276 g/mol. The topological polar surface area (TPSA) is 46.5 Å². The summed E-state index contributed by atoms with van der Waals surface area (Å²) in [7, 11) is 0. The molecule has 0 aromatic rings. The predicted octanol–water partition coefficient (Wildman–Crippen LogP) is 2.65. The zero-order chi connectivity index (χ0) is 12.9. The van der Waals surface area contributed by atoms with Crippen LogP contribution in [0.1, 0.15) is 27.2 Å². The molecule has 1 rings (SSSR count). The van der Waals surface area contributed by atoms with Crippen LogP contribution in [-0.2, 0) is 9.53 Å². The molecule has 0 saturated carbocycles. The summed E-state index contributed by atoms with van der Waals surface area (Å²) in [6, 6.07) is 0. The van der Waals surface area contributed by atoms with Crippen LogP contribution in [-0.4, -0.2) is 34.8 Å². The zero-order valence-electron chi connectivity index (χ0n) is 10.6. The lowest BCUT2D eigenvalue weighted by Gasteiger charge is -2.26. The first-order chi connectivity index (χ1) is 7.98. The lowest BCUT2D eigenvalue weighted by Crippen LogP contribution is -2.42. The molecule has 0 aliphatic carbocycles. The van der Waals surface area contributed by atoms with E-state index in [1.165, 1.54) is 17.6 Å². The number of rotatable bonds is 4. The average Bonchev–Trinajstić information content (AvgIpc) is 2.30. The summed E-state index contributed by atoms with van der Waals surface area (Å²) >= 11 is 3.59. The molecule has 1 saturated heterocycles. The molecule has 2 atom stereocenters. The summed E-state index contributed by atoms with van der Waals surface area (Å²) < 4.78 is 6.09. The van der Waals surface area contributed by atoms with Gasteiger partial charge in [0.05, 0.1) is 6.61 Å². The van der Waals surface area contributed by atoms with E-state index in [0.717, 1.165) is 11.5 Å². The summed E-state index contributed by atoms with van der Waals surface area (Å²) in [5, 5.41) is 10.2. The molecule has 1 fully saturated rings. The van der Waals surface area contributed by atoms with E-state index in [4.69, 9.17) is 4.74 Å². The van der Waals surface area contributed by atoms with Crippen molar-refractivity contribution >= 4 is 29.5 Å². The van der Waals surface area contributed by atoms with Crippen LogP contribution in [0.15, 0.2) is 10.3 Å². The fourth-order valence-electron chi connectivity index (χ4n) is 1.37. The Morgan fingerprint density at radius 3 is 2.71 bits per heavy atom. The average molecular weight is 276 g/mol. The second kappa shape index (κ2) is 6.71. The standard InChI is InChI=1S/C12H20O3S2/c1-4-15-11(13)12(3,14)9(2)8-10-16-6-5-7-17-10/h8-9,14H,4-7H2,1-3H3/t9-,12+/m1/s1. The van der Waals surface area contributed by atoms with E-state index in [1.54, 1.807) is 30.4 Å². The Labute approximate surface area is 111 Å². The Bertz CT molecular complexity index is 292. The third-order valence-corrected chi connectivity index (χ3v) is 5.27. The summed E-state index contributed by atoms with van der Waals surface area (Å²) in [6.07, 6.45) is 3.20. The smallest absolute Gasteiger partial charge is 0.338 e. The van der Waals surface area contributed by atoms with Crippen molar-refractivity contribution in [3.8, 4) is 0 Å². The minimum absolute atomic E-state index is 0.241. The molecule has 1 aliphatic heterocycles. The summed E-state index contributed by atoms with van der Waals surface area (Å²) in [5.41, 5.74) is -1.44. The lowest BCUT2D eigenvalue weighted by atomic mass is 9.91. The number of hydrogen-bond acceptors (Lipinski definition) is 5. The SMILES string of the molecule is CCOC(=O)[C@@](C)(O)[C@H](C)C=C1SCCCS1. The van der Waals surface area contributed by atoms with E-state index < -0.39 is 11.6 Å². The fraction of sp³-hybridized carbons (Fsp3) is 0.750. The number of hydrogen-bond donors (Lipinski definition) is 1. The quantitative estimate of drug-likeness (QED) is 0.800. The number of esters is 1. The van der Waals surface area contributed by atoms with Gasteiger partial charge in [-0.15, -0.1) is 23.5 Å². The van der Waals surface area contributed by atoms with Gasteiger partial charge in [-0.25, -0.2) is 4.79 Å². The van der Waals surface area contributed by atoms with Crippen molar-refractivity contribution < 1.29 is 14.6 Å². The molecule has 1 heterocycles. The van der Waals surface area contributed by atoms with Crippen molar-refractivity contribution in [2.24, 2.45) is 5.92 Å². The normalized spacial score (nSPS) is 21.5. The molecular weight excluding hydrogens is 256 g/mol. The van der Waals surface area contributed by atoms with E-state index in [-0.39, 0.29) is 5.92 Å². The van der Waals surface area contributed by atoms with Gasteiger partial charge >= 0.3 is 5.97 Å². The number of aliphatic hydroxyl groups is 1. The van der Waals surface area contributed by atoms with Crippen LogP contribution in [0.2, 0.25) is 0 Å². The summed E-state index contributed by atoms with van der Waals surface area (Å²) in [6.45, 7) is 5.40. The third kappa shape index (κ3) is 4.23. The Hall–Kier alpha value is -0.130. The molecule has 98 valence electrons. The molecule has 0 unspecified atom stereocenters. The van der Waals surface area contributed by atoms with Crippen molar-refractivity contribution in [2.75, 3.05) is 18.1 Å². The Balaban J connectivity index is 2.66. The van der Waals surface area contributed by atoms with Gasteiger partial charge in [0.25, 0.3) is 0 Å². The van der Waals surface area contributed by atoms with Gasteiger partial charge in [0.2, 0.25) is 0 Å². The molecule has 0 aromatic heterocycles. The minimum Gasteiger partial charge on any atom is -0.464 e. The zero-order valence-corrected chi connectivity index (χ0v) is 12.2. The van der Waals surface area contributed by atoms with E-state index >= 15 is 0 Å². The maximum absolute atomic E-state index is 11.6. The largest absolute Gasteiger partial charge is 0.464 e. The highest BCUT2D eigenvalue weighted by Gasteiger charge is 2.37. The van der Waals surface area contributed by atoms with Gasteiger partial charge < -0.3 is 9.84 Å². The van der Waals surface area contributed by atoms with Crippen LogP contribution < -0.4 is 0 Å². The summed E-state index contributed by atoms with van der Waals surface area (Å²) in [4.78, 5) is 11.6. The maximum atomic E-state index is 11.6. The Morgan fingerprint density at radius 1 is 1.59 bits per heavy atom. The molecule has 0 bridgehead atoms.